The van der Waals surface area contributed by atoms with Gasteiger partial charge in [0.2, 0.25) is 0 Å². The molecule has 1 aliphatic heterocycles. The van der Waals surface area contributed by atoms with Crippen molar-refractivity contribution in [3.63, 3.8) is 0 Å². The van der Waals surface area contributed by atoms with E-state index < -0.39 is 0 Å². The number of anilines is 1. The Balaban J connectivity index is 1.84. The minimum absolute atomic E-state index is 0.522. The van der Waals surface area contributed by atoms with E-state index >= 15 is 0 Å². The van der Waals surface area contributed by atoms with E-state index in [4.69, 9.17) is 4.74 Å². The molecule has 0 saturated carbocycles. The van der Waals surface area contributed by atoms with Crippen molar-refractivity contribution in [2.75, 3.05) is 31.2 Å². The van der Waals surface area contributed by atoms with Gasteiger partial charge in [0, 0.05) is 43.4 Å². The van der Waals surface area contributed by atoms with Gasteiger partial charge in [0.05, 0.1) is 6.61 Å². The number of nitrogens with zero attached hydrogens (tertiary/aromatic N) is 2. The van der Waals surface area contributed by atoms with E-state index in [2.05, 4.69) is 29.0 Å². The molecule has 0 radical (unpaired) electrons. The summed E-state index contributed by atoms with van der Waals surface area (Å²) in [6.07, 6.45) is 3.11. The Morgan fingerprint density at radius 1 is 1.53 bits per heavy atom. The molecule has 1 aliphatic rings. The molecule has 1 saturated heterocycles. The van der Waals surface area contributed by atoms with Crippen LogP contribution in [-0.2, 0) is 11.3 Å². The molecule has 1 N–H and O–H groups in total. The minimum atomic E-state index is 0.522. The molecule has 0 aliphatic carbocycles. The summed E-state index contributed by atoms with van der Waals surface area (Å²) in [6, 6.07) is 0.522. The molecule has 2 rings (SSSR count). The topological polar surface area (TPSA) is 37.4 Å². The minimum Gasteiger partial charge on any atom is -0.380 e. The summed E-state index contributed by atoms with van der Waals surface area (Å²) in [7, 11) is 0. The van der Waals surface area contributed by atoms with E-state index in [1.54, 1.807) is 11.3 Å². The molecule has 0 amide bonds. The number of hydrogen-bond donors (Lipinski definition) is 1. The highest BCUT2D eigenvalue weighted by atomic mass is 32.1. The maximum Gasteiger partial charge on any atom is 0.185 e. The van der Waals surface area contributed by atoms with Crippen LogP contribution >= 0.6 is 11.3 Å². The third-order valence-electron chi connectivity index (χ3n) is 3.07. The average Bonchev–Trinajstić information content (AvgIpc) is 2.99. The first-order valence-corrected chi connectivity index (χ1v) is 7.16. The van der Waals surface area contributed by atoms with Crippen LogP contribution in [0.15, 0.2) is 6.20 Å². The van der Waals surface area contributed by atoms with Crippen LogP contribution in [0.2, 0.25) is 0 Å². The van der Waals surface area contributed by atoms with Crippen LogP contribution in [-0.4, -0.2) is 37.3 Å². The van der Waals surface area contributed by atoms with Crippen molar-refractivity contribution in [1.29, 1.82) is 0 Å². The van der Waals surface area contributed by atoms with Gasteiger partial charge in [-0.15, -0.1) is 11.3 Å². The van der Waals surface area contributed by atoms with Crippen molar-refractivity contribution in [2.45, 2.75) is 32.9 Å². The Labute approximate surface area is 107 Å². The van der Waals surface area contributed by atoms with Gasteiger partial charge in [-0.2, -0.15) is 0 Å². The largest absolute Gasteiger partial charge is 0.380 e. The zero-order valence-electron chi connectivity index (χ0n) is 10.6. The van der Waals surface area contributed by atoms with Gasteiger partial charge in [-0.3, -0.25) is 0 Å². The first-order chi connectivity index (χ1) is 8.33. The van der Waals surface area contributed by atoms with Crippen LogP contribution in [0.4, 0.5) is 5.13 Å². The molecule has 1 aromatic rings. The number of ether oxygens (including phenoxy) is 1. The smallest absolute Gasteiger partial charge is 0.185 e. The van der Waals surface area contributed by atoms with Gasteiger partial charge in [0.25, 0.3) is 0 Å². The molecule has 0 bridgehead atoms. The monoisotopic (exact) mass is 255 g/mol. The number of aromatic nitrogens is 1. The van der Waals surface area contributed by atoms with Crippen LogP contribution in [0.25, 0.3) is 0 Å². The van der Waals surface area contributed by atoms with Crippen molar-refractivity contribution in [1.82, 2.24) is 10.3 Å². The molecular formula is C12H21N3OS. The fourth-order valence-corrected chi connectivity index (χ4v) is 2.95. The Kier molecular flexibility index (Phi) is 4.76. The zero-order valence-corrected chi connectivity index (χ0v) is 11.4. The Morgan fingerprint density at radius 3 is 3.00 bits per heavy atom. The Morgan fingerprint density at radius 2 is 2.35 bits per heavy atom. The highest BCUT2D eigenvalue weighted by molar-refractivity contribution is 7.15. The number of thiazole rings is 1. The van der Waals surface area contributed by atoms with Crippen molar-refractivity contribution in [3.05, 3.63) is 11.1 Å². The van der Waals surface area contributed by atoms with Gasteiger partial charge in [-0.1, -0.05) is 0 Å². The average molecular weight is 255 g/mol. The molecule has 0 spiro atoms. The molecule has 2 heterocycles. The van der Waals surface area contributed by atoms with Crippen LogP contribution in [0.3, 0.4) is 0 Å². The van der Waals surface area contributed by atoms with Crippen LogP contribution in [0, 0.1) is 0 Å². The summed E-state index contributed by atoms with van der Waals surface area (Å²) in [5.74, 6) is 0. The summed E-state index contributed by atoms with van der Waals surface area (Å²) in [4.78, 5) is 8.07. The summed E-state index contributed by atoms with van der Waals surface area (Å²) < 4.78 is 5.34. The van der Waals surface area contributed by atoms with Crippen molar-refractivity contribution in [3.8, 4) is 0 Å². The summed E-state index contributed by atoms with van der Waals surface area (Å²) >= 11 is 1.79. The quantitative estimate of drug-likeness (QED) is 0.842. The lowest BCUT2D eigenvalue weighted by molar-refractivity contribution is 0.190. The highest BCUT2D eigenvalue weighted by Crippen LogP contribution is 2.22. The van der Waals surface area contributed by atoms with Crippen LogP contribution in [0.5, 0.6) is 0 Å². The molecule has 4 nitrogen and oxygen atoms in total. The molecule has 0 aromatic carbocycles. The second kappa shape index (κ2) is 6.33. The molecule has 1 unspecified atom stereocenters. The number of hydrogen-bond acceptors (Lipinski definition) is 5. The van der Waals surface area contributed by atoms with Gasteiger partial charge < -0.3 is 15.0 Å². The van der Waals surface area contributed by atoms with E-state index in [-0.39, 0.29) is 0 Å². The van der Waals surface area contributed by atoms with Gasteiger partial charge in [0.15, 0.2) is 5.13 Å². The van der Waals surface area contributed by atoms with Gasteiger partial charge in [-0.25, -0.2) is 4.98 Å². The van der Waals surface area contributed by atoms with E-state index in [0.717, 1.165) is 44.4 Å². The van der Waals surface area contributed by atoms with E-state index in [1.807, 2.05) is 6.20 Å². The maximum atomic E-state index is 5.34. The predicted octanol–water partition coefficient (Wildman–Crippen LogP) is 1.87. The maximum absolute atomic E-state index is 5.34. The lowest BCUT2D eigenvalue weighted by Crippen LogP contribution is -2.28. The SMILES string of the molecule is CCN(CC)c1ncc(CNC2CCOC2)s1. The number of nitrogens with one attached hydrogen (secondary N) is 1. The molecule has 17 heavy (non-hydrogen) atoms. The molecule has 1 aromatic heterocycles. The fraction of sp³-hybridized carbons (Fsp3) is 0.750. The Bertz CT molecular complexity index is 332. The second-order valence-electron chi connectivity index (χ2n) is 4.22. The van der Waals surface area contributed by atoms with Gasteiger partial charge >= 0.3 is 0 Å². The first-order valence-electron chi connectivity index (χ1n) is 6.34. The van der Waals surface area contributed by atoms with Gasteiger partial charge in [0.1, 0.15) is 0 Å². The van der Waals surface area contributed by atoms with Gasteiger partial charge in [-0.05, 0) is 20.3 Å². The normalized spacial score (nSPS) is 19.8. The lowest BCUT2D eigenvalue weighted by Gasteiger charge is -2.16. The summed E-state index contributed by atoms with van der Waals surface area (Å²) in [5, 5.41) is 4.65. The van der Waals surface area contributed by atoms with Crippen LogP contribution in [0.1, 0.15) is 25.1 Å². The van der Waals surface area contributed by atoms with Crippen molar-refractivity contribution in [2.24, 2.45) is 0 Å². The molecule has 1 fully saturated rings. The van der Waals surface area contributed by atoms with E-state index in [1.165, 1.54) is 4.88 Å². The lowest BCUT2D eigenvalue weighted by atomic mass is 10.2. The molecular weight excluding hydrogens is 234 g/mol. The van der Waals surface area contributed by atoms with E-state index in [0.29, 0.717) is 6.04 Å². The highest BCUT2D eigenvalue weighted by Gasteiger charge is 2.15. The standard InChI is InChI=1S/C12H21N3OS/c1-3-15(4-2)12-14-8-11(17-12)7-13-10-5-6-16-9-10/h8,10,13H,3-7,9H2,1-2H3. The third-order valence-corrected chi connectivity index (χ3v) is 4.13. The third kappa shape index (κ3) is 3.40. The molecule has 1 atom stereocenters. The Hall–Kier alpha value is -0.650. The van der Waals surface area contributed by atoms with Crippen LogP contribution < -0.4 is 10.2 Å². The predicted molar refractivity (Wildman–Crippen MR) is 71.7 cm³/mol. The second-order valence-corrected chi connectivity index (χ2v) is 5.32. The molecule has 5 heteroatoms. The fourth-order valence-electron chi connectivity index (χ4n) is 1.96. The van der Waals surface area contributed by atoms with Crippen molar-refractivity contribution >= 4 is 16.5 Å². The summed E-state index contributed by atoms with van der Waals surface area (Å²) in [6.45, 7) is 9.03. The summed E-state index contributed by atoms with van der Waals surface area (Å²) in [5.41, 5.74) is 0. The zero-order chi connectivity index (χ0) is 12.1. The first kappa shape index (κ1) is 12.8. The van der Waals surface area contributed by atoms with E-state index in [9.17, 15) is 0 Å². The number of rotatable bonds is 6. The molecule has 96 valence electrons. The van der Waals surface area contributed by atoms with Crippen molar-refractivity contribution < 1.29 is 4.74 Å².